The number of hydrogen-bond acceptors (Lipinski definition) is 4. The van der Waals surface area contributed by atoms with E-state index in [1.54, 1.807) is 0 Å². The number of aromatic amines is 1. The van der Waals surface area contributed by atoms with Gasteiger partial charge in [-0.25, -0.2) is 23.2 Å². The number of fused-ring (bicyclic) bond motifs is 3. The van der Waals surface area contributed by atoms with Crippen LogP contribution in [0.4, 0.5) is 13.6 Å². The number of halogens is 2. The van der Waals surface area contributed by atoms with Crippen LogP contribution in [0.3, 0.4) is 0 Å². The van der Waals surface area contributed by atoms with Gasteiger partial charge in [-0.3, -0.25) is 9.89 Å². The molecule has 0 aliphatic heterocycles. The molecule has 0 saturated carbocycles. The van der Waals surface area contributed by atoms with Crippen LogP contribution in [0.15, 0.2) is 35.4 Å². The van der Waals surface area contributed by atoms with Crippen LogP contribution in [-0.2, 0) is 0 Å². The summed E-state index contributed by atoms with van der Waals surface area (Å²) in [6.45, 7) is 2.52. The Hall–Kier alpha value is -3.56. The predicted molar refractivity (Wildman–Crippen MR) is 98.6 cm³/mol. The summed E-state index contributed by atoms with van der Waals surface area (Å²) in [6.07, 6.45) is 4.48. The number of carbonyl (C=O) groups excluding carboxylic acids is 1. The van der Waals surface area contributed by atoms with Crippen molar-refractivity contribution >= 4 is 28.0 Å². The Morgan fingerprint density at radius 2 is 2.07 bits per heavy atom. The normalized spacial score (nSPS) is 11.4. The maximum atomic E-state index is 14.1. The molecule has 0 radical (unpaired) electrons. The number of hydrogen-bond donors (Lipinski definition) is 2. The van der Waals surface area contributed by atoms with Crippen molar-refractivity contribution in [2.24, 2.45) is 0 Å². The predicted octanol–water partition coefficient (Wildman–Crippen LogP) is 2.70. The maximum Gasteiger partial charge on any atom is 0.344 e. The lowest BCUT2D eigenvalue weighted by Gasteiger charge is -2.04. The Morgan fingerprint density at radius 1 is 1.25 bits per heavy atom. The lowest BCUT2D eigenvalue weighted by molar-refractivity contribution is 0.240. The van der Waals surface area contributed by atoms with Gasteiger partial charge in [0, 0.05) is 18.8 Å². The summed E-state index contributed by atoms with van der Waals surface area (Å²) in [5.74, 6) is -1.63. The van der Waals surface area contributed by atoms with Crippen LogP contribution in [0, 0.1) is 11.6 Å². The van der Waals surface area contributed by atoms with E-state index in [0.29, 0.717) is 23.5 Å². The molecule has 0 atom stereocenters. The van der Waals surface area contributed by atoms with Gasteiger partial charge in [0.25, 0.3) is 5.56 Å². The molecule has 0 saturated heterocycles. The molecule has 2 N–H and O–H groups in total. The number of amides is 1. The minimum absolute atomic E-state index is 0.125. The molecule has 0 aliphatic carbocycles. The molecule has 10 heteroatoms. The van der Waals surface area contributed by atoms with E-state index in [1.807, 2.05) is 6.92 Å². The number of nitrogens with zero attached hydrogens (tertiary/aromatic N) is 4. The Balaban J connectivity index is 1.83. The second-order valence-electron chi connectivity index (χ2n) is 6.27. The van der Waals surface area contributed by atoms with Gasteiger partial charge in [-0.15, -0.1) is 0 Å². The molecule has 0 fully saturated rings. The van der Waals surface area contributed by atoms with Gasteiger partial charge in [0.05, 0.1) is 22.5 Å². The smallest absolute Gasteiger partial charge is 0.336 e. The quantitative estimate of drug-likeness (QED) is 0.527. The fourth-order valence-electron chi connectivity index (χ4n) is 2.97. The van der Waals surface area contributed by atoms with Crippen LogP contribution in [0.1, 0.15) is 19.8 Å². The van der Waals surface area contributed by atoms with Crippen molar-refractivity contribution in [1.82, 2.24) is 29.9 Å². The minimum Gasteiger partial charge on any atom is -0.336 e. The highest BCUT2D eigenvalue weighted by Crippen LogP contribution is 2.21. The third-order valence-electron chi connectivity index (χ3n) is 4.41. The zero-order valence-corrected chi connectivity index (χ0v) is 14.9. The number of carbonyl (C=O) groups is 1. The molecule has 4 aromatic rings. The molecular formula is C18H16F2N6O2. The summed E-state index contributed by atoms with van der Waals surface area (Å²) in [6, 6.07) is 2.49. The average Bonchev–Trinajstić information content (AvgIpc) is 3.24. The highest BCUT2D eigenvalue weighted by Gasteiger charge is 2.18. The average molecular weight is 386 g/mol. The molecule has 0 spiro atoms. The molecule has 4 rings (SSSR count). The van der Waals surface area contributed by atoms with Gasteiger partial charge >= 0.3 is 6.03 Å². The number of pyridine rings is 1. The van der Waals surface area contributed by atoms with E-state index in [1.165, 1.54) is 12.4 Å². The molecule has 1 aromatic carbocycles. The number of nitrogens with one attached hydrogen (secondary N) is 2. The van der Waals surface area contributed by atoms with Crippen LogP contribution >= 0.6 is 0 Å². The molecule has 0 bridgehead atoms. The summed E-state index contributed by atoms with van der Waals surface area (Å²) in [5.41, 5.74) is -0.0590. The molecule has 144 valence electrons. The fourth-order valence-corrected chi connectivity index (χ4v) is 2.97. The summed E-state index contributed by atoms with van der Waals surface area (Å²) in [4.78, 5) is 29.1. The number of benzene rings is 1. The van der Waals surface area contributed by atoms with E-state index < -0.39 is 23.2 Å². The van der Waals surface area contributed by atoms with E-state index >= 15 is 0 Å². The van der Waals surface area contributed by atoms with Crippen molar-refractivity contribution in [1.29, 1.82) is 0 Å². The summed E-state index contributed by atoms with van der Waals surface area (Å²) in [7, 11) is 0. The zero-order valence-electron chi connectivity index (χ0n) is 14.9. The van der Waals surface area contributed by atoms with Crippen molar-refractivity contribution < 1.29 is 13.6 Å². The number of rotatable bonds is 4. The Bertz CT molecular complexity index is 1260. The Labute approximate surface area is 156 Å². The Morgan fingerprint density at radius 3 is 2.82 bits per heavy atom. The first-order chi connectivity index (χ1) is 13.5. The monoisotopic (exact) mass is 386 g/mol. The van der Waals surface area contributed by atoms with E-state index in [-0.39, 0.29) is 16.7 Å². The molecule has 28 heavy (non-hydrogen) atoms. The lowest BCUT2D eigenvalue weighted by Crippen LogP contribution is -2.30. The van der Waals surface area contributed by atoms with Gasteiger partial charge in [0.1, 0.15) is 11.5 Å². The molecule has 8 nitrogen and oxygen atoms in total. The van der Waals surface area contributed by atoms with Crippen molar-refractivity contribution in [3.63, 3.8) is 0 Å². The molecule has 0 unspecified atom stereocenters. The van der Waals surface area contributed by atoms with Gasteiger partial charge < -0.3 is 5.32 Å². The van der Waals surface area contributed by atoms with E-state index in [9.17, 15) is 18.4 Å². The van der Waals surface area contributed by atoms with Crippen LogP contribution in [-0.4, -0.2) is 37.1 Å². The molecule has 3 aromatic heterocycles. The summed E-state index contributed by atoms with van der Waals surface area (Å²) < 4.78 is 29.4. The molecule has 3 heterocycles. The third-order valence-corrected chi connectivity index (χ3v) is 4.41. The van der Waals surface area contributed by atoms with Crippen LogP contribution in [0.25, 0.3) is 27.6 Å². The Kier molecular flexibility index (Phi) is 4.38. The van der Waals surface area contributed by atoms with Crippen molar-refractivity contribution in [2.75, 3.05) is 6.54 Å². The largest absolute Gasteiger partial charge is 0.344 e. The first-order valence-corrected chi connectivity index (χ1v) is 8.72. The van der Waals surface area contributed by atoms with Gasteiger partial charge in [-0.2, -0.15) is 9.78 Å². The second-order valence-corrected chi connectivity index (χ2v) is 6.27. The summed E-state index contributed by atoms with van der Waals surface area (Å²) >= 11 is 0. The molecular weight excluding hydrogens is 370 g/mol. The maximum absolute atomic E-state index is 14.1. The number of H-pyrrole nitrogens is 1. The van der Waals surface area contributed by atoms with Crippen LogP contribution in [0.2, 0.25) is 0 Å². The SMILES string of the molecule is CCCCNC(=O)n1ncc2c3[nH]n(-c4ccc(F)cc4F)c(=O)c3cnc21. The van der Waals surface area contributed by atoms with Gasteiger partial charge in [0.15, 0.2) is 11.5 Å². The van der Waals surface area contributed by atoms with Gasteiger partial charge in [0.2, 0.25) is 0 Å². The molecule has 1 amide bonds. The zero-order chi connectivity index (χ0) is 19.8. The standard InChI is InChI=1S/C18H16F2N6O2/c1-2-3-6-21-18(28)26-16-11(9-23-26)15-12(8-22-16)17(27)25(24-15)14-5-4-10(19)7-13(14)20/h4-5,7-9,24H,2-3,6H2,1H3,(H,21,28). The first kappa shape index (κ1) is 17.8. The van der Waals surface area contributed by atoms with Crippen LogP contribution < -0.4 is 10.9 Å². The third kappa shape index (κ3) is 2.82. The molecule has 0 aliphatic rings. The van der Waals surface area contributed by atoms with Gasteiger partial charge in [-0.05, 0) is 18.6 Å². The van der Waals surface area contributed by atoms with Crippen molar-refractivity contribution in [3.8, 4) is 5.69 Å². The van der Waals surface area contributed by atoms with Crippen molar-refractivity contribution in [3.05, 3.63) is 52.6 Å². The van der Waals surface area contributed by atoms with E-state index in [4.69, 9.17) is 0 Å². The highest BCUT2D eigenvalue weighted by molar-refractivity contribution is 6.03. The minimum atomic E-state index is -0.885. The topological polar surface area (TPSA) is 97.6 Å². The van der Waals surface area contributed by atoms with Crippen molar-refractivity contribution in [2.45, 2.75) is 19.8 Å². The van der Waals surface area contributed by atoms with Crippen LogP contribution in [0.5, 0.6) is 0 Å². The van der Waals surface area contributed by atoms with E-state index in [2.05, 4.69) is 20.5 Å². The summed E-state index contributed by atoms with van der Waals surface area (Å²) in [5, 5.41) is 10.2. The highest BCUT2D eigenvalue weighted by atomic mass is 19.1. The first-order valence-electron chi connectivity index (χ1n) is 8.72. The lowest BCUT2D eigenvalue weighted by atomic mass is 10.2. The number of unbranched alkanes of at least 4 members (excludes halogenated alkanes) is 1. The fraction of sp³-hybridized carbons (Fsp3) is 0.222. The second kappa shape index (κ2) is 6.87. The van der Waals surface area contributed by atoms with Gasteiger partial charge in [-0.1, -0.05) is 13.3 Å². The van der Waals surface area contributed by atoms with E-state index in [0.717, 1.165) is 34.3 Å². The number of aromatic nitrogens is 5.